The SMILES string of the molecule is COCCNC(=O)[C@H](c1ccc(OC)cc1)N(C(=O)c1snc(C(N)=O)c1N)c1ccc(OC)c(OC)c1. The van der Waals surface area contributed by atoms with Crippen molar-refractivity contribution in [2.45, 2.75) is 6.04 Å². The zero-order valence-electron chi connectivity index (χ0n) is 21.3. The topological polar surface area (TPSA) is 168 Å². The molecule has 1 aromatic heterocycles. The third-order valence-corrected chi connectivity index (χ3v) is 6.41. The zero-order chi connectivity index (χ0) is 27.8. The van der Waals surface area contributed by atoms with E-state index in [1.807, 2.05) is 0 Å². The standard InChI is InChI=1S/C25H29N5O7S/c1-34-12-11-28-24(32)21(14-5-8-16(35-2)9-6-14)30(15-7-10-17(36-3)18(13-15)37-4)25(33)22-19(26)20(23(27)31)29-38-22/h5-10,13,21H,11-12,26H2,1-4H3,(H2,27,31)(H,28,32)/t21-/m0/s1. The van der Waals surface area contributed by atoms with Gasteiger partial charge in [-0.25, -0.2) is 0 Å². The lowest BCUT2D eigenvalue weighted by Gasteiger charge is -2.31. The Labute approximate surface area is 223 Å². The summed E-state index contributed by atoms with van der Waals surface area (Å²) < 4.78 is 25.0. The number of anilines is 2. The molecule has 13 heteroatoms. The van der Waals surface area contributed by atoms with E-state index in [9.17, 15) is 14.4 Å². The molecule has 0 saturated heterocycles. The summed E-state index contributed by atoms with van der Waals surface area (Å²) in [5.41, 5.74) is 11.8. The number of hydrogen-bond acceptors (Lipinski definition) is 10. The third-order valence-electron chi connectivity index (χ3n) is 5.56. The molecule has 202 valence electrons. The quantitative estimate of drug-likeness (QED) is 0.289. The number of carbonyl (C=O) groups excluding carboxylic acids is 3. The second-order valence-electron chi connectivity index (χ2n) is 7.81. The van der Waals surface area contributed by atoms with Crippen LogP contribution in [0.3, 0.4) is 0 Å². The van der Waals surface area contributed by atoms with Crippen LogP contribution >= 0.6 is 11.5 Å². The van der Waals surface area contributed by atoms with Gasteiger partial charge in [0.2, 0.25) is 5.91 Å². The first-order valence-corrected chi connectivity index (χ1v) is 12.1. The number of aromatic nitrogens is 1. The number of nitrogens with zero attached hydrogens (tertiary/aromatic N) is 2. The maximum atomic E-state index is 14.1. The first-order valence-electron chi connectivity index (χ1n) is 11.3. The van der Waals surface area contributed by atoms with Crippen LogP contribution in [0.2, 0.25) is 0 Å². The number of nitrogens with one attached hydrogen (secondary N) is 1. The molecule has 0 bridgehead atoms. The van der Waals surface area contributed by atoms with Crippen molar-refractivity contribution in [1.82, 2.24) is 9.69 Å². The highest BCUT2D eigenvalue weighted by atomic mass is 32.1. The second-order valence-corrected chi connectivity index (χ2v) is 8.59. The summed E-state index contributed by atoms with van der Waals surface area (Å²) in [7, 11) is 5.96. The molecule has 38 heavy (non-hydrogen) atoms. The van der Waals surface area contributed by atoms with Crippen LogP contribution in [0.1, 0.15) is 31.8 Å². The predicted octanol–water partition coefficient (Wildman–Crippen LogP) is 2.00. The lowest BCUT2D eigenvalue weighted by atomic mass is 10.0. The molecule has 0 unspecified atom stereocenters. The summed E-state index contributed by atoms with van der Waals surface area (Å²) in [6, 6.07) is 10.3. The predicted molar refractivity (Wildman–Crippen MR) is 142 cm³/mol. The maximum Gasteiger partial charge on any atom is 0.273 e. The van der Waals surface area contributed by atoms with E-state index in [4.69, 9.17) is 30.4 Å². The molecule has 2 aromatic carbocycles. The Hall–Kier alpha value is -4.36. The van der Waals surface area contributed by atoms with Crippen molar-refractivity contribution >= 4 is 40.6 Å². The summed E-state index contributed by atoms with van der Waals surface area (Å²) in [6.07, 6.45) is 0. The van der Waals surface area contributed by atoms with Crippen molar-refractivity contribution in [3.8, 4) is 17.2 Å². The van der Waals surface area contributed by atoms with Crippen molar-refractivity contribution in [1.29, 1.82) is 0 Å². The minimum Gasteiger partial charge on any atom is -0.497 e. The van der Waals surface area contributed by atoms with Crippen molar-refractivity contribution in [3.63, 3.8) is 0 Å². The Kier molecular flexibility index (Phi) is 9.46. The van der Waals surface area contributed by atoms with E-state index >= 15 is 0 Å². The fraction of sp³-hybridized carbons (Fsp3) is 0.280. The first kappa shape index (κ1) is 28.2. The van der Waals surface area contributed by atoms with Crippen LogP contribution in [-0.2, 0) is 9.53 Å². The average Bonchev–Trinajstić information content (AvgIpc) is 3.32. The number of rotatable bonds is 12. The highest BCUT2D eigenvalue weighted by molar-refractivity contribution is 7.09. The van der Waals surface area contributed by atoms with Crippen molar-refractivity contribution in [2.75, 3.05) is 52.2 Å². The van der Waals surface area contributed by atoms with Gasteiger partial charge in [-0.15, -0.1) is 0 Å². The zero-order valence-corrected chi connectivity index (χ0v) is 22.2. The summed E-state index contributed by atoms with van der Waals surface area (Å²) in [4.78, 5) is 40.7. The minimum absolute atomic E-state index is 0.0585. The van der Waals surface area contributed by atoms with Gasteiger partial charge in [0.05, 0.1) is 33.6 Å². The van der Waals surface area contributed by atoms with Gasteiger partial charge >= 0.3 is 0 Å². The maximum absolute atomic E-state index is 14.1. The van der Waals surface area contributed by atoms with Crippen LogP contribution in [0, 0.1) is 0 Å². The molecule has 0 aliphatic rings. The van der Waals surface area contributed by atoms with E-state index in [1.165, 1.54) is 33.3 Å². The van der Waals surface area contributed by atoms with Gasteiger partial charge in [0.25, 0.3) is 11.8 Å². The largest absolute Gasteiger partial charge is 0.497 e. The molecule has 0 aliphatic carbocycles. The Bertz CT molecular complexity index is 1300. The normalized spacial score (nSPS) is 11.4. The highest BCUT2D eigenvalue weighted by Gasteiger charge is 2.36. The van der Waals surface area contributed by atoms with Crippen LogP contribution in [-0.4, -0.2) is 63.7 Å². The molecule has 1 heterocycles. The number of nitrogen functional groups attached to an aromatic ring is 1. The number of ether oxygens (including phenoxy) is 4. The van der Waals surface area contributed by atoms with Crippen LogP contribution in [0.25, 0.3) is 0 Å². The van der Waals surface area contributed by atoms with Crippen molar-refractivity contribution in [2.24, 2.45) is 5.73 Å². The molecule has 3 rings (SSSR count). The van der Waals surface area contributed by atoms with Crippen LogP contribution < -0.4 is 35.9 Å². The highest BCUT2D eigenvalue weighted by Crippen LogP contribution is 2.38. The van der Waals surface area contributed by atoms with Crippen molar-refractivity contribution < 1.29 is 33.3 Å². The van der Waals surface area contributed by atoms with Gasteiger partial charge in [-0.3, -0.25) is 19.3 Å². The molecule has 5 N–H and O–H groups in total. The lowest BCUT2D eigenvalue weighted by molar-refractivity contribution is -0.122. The molecule has 12 nitrogen and oxygen atoms in total. The van der Waals surface area contributed by atoms with Crippen molar-refractivity contribution in [3.05, 3.63) is 58.6 Å². The molecule has 1 atom stereocenters. The third kappa shape index (κ3) is 5.95. The Morgan fingerprint density at radius 1 is 1.00 bits per heavy atom. The van der Waals surface area contributed by atoms with Gasteiger partial charge in [0.15, 0.2) is 17.2 Å². The monoisotopic (exact) mass is 543 g/mol. The van der Waals surface area contributed by atoms with E-state index in [0.29, 0.717) is 40.0 Å². The van der Waals surface area contributed by atoms with Crippen LogP contribution in [0.15, 0.2) is 42.5 Å². The van der Waals surface area contributed by atoms with Gasteiger partial charge in [-0.1, -0.05) is 12.1 Å². The minimum atomic E-state index is -1.18. The van der Waals surface area contributed by atoms with Gasteiger partial charge in [0, 0.05) is 25.4 Å². The van der Waals surface area contributed by atoms with E-state index in [2.05, 4.69) is 9.69 Å². The van der Waals surface area contributed by atoms with E-state index < -0.39 is 23.8 Å². The number of nitrogens with two attached hydrogens (primary N) is 2. The van der Waals surface area contributed by atoms with Gasteiger partial charge in [0.1, 0.15) is 16.7 Å². The molecule has 3 amide bonds. The number of primary amides is 1. The van der Waals surface area contributed by atoms with Gasteiger partial charge < -0.3 is 35.7 Å². The molecule has 3 aromatic rings. The summed E-state index contributed by atoms with van der Waals surface area (Å²) in [5, 5.41) is 2.79. The van der Waals surface area contributed by atoms with E-state index in [0.717, 1.165) is 0 Å². The fourth-order valence-corrected chi connectivity index (χ4v) is 4.42. The summed E-state index contributed by atoms with van der Waals surface area (Å²) in [5.74, 6) is -0.738. The number of hydrogen-bond donors (Lipinski definition) is 3. The second kappa shape index (κ2) is 12.7. The Balaban J connectivity index is 2.23. The molecule has 0 radical (unpaired) electrons. The molecule has 0 fully saturated rings. The molecule has 0 aliphatic heterocycles. The summed E-state index contributed by atoms with van der Waals surface area (Å²) >= 11 is 0.710. The number of methoxy groups -OCH3 is 4. The number of benzene rings is 2. The molecule has 0 saturated carbocycles. The van der Waals surface area contributed by atoms with Gasteiger partial charge in [-0.05, 0) is 41.4 Å². The number of carbonyl (C=O) groups is 3. The summed E-state index contributed by atoms with van der Waals surface area (Å²) in [6.45, 7) is 0.458. The lowest BCUT2D eigenvalue weighted by Crippen LogP contribution is -2.44. The Morgan fingerprint density at radius 2 is 1.68 bits per heavy atom. The molecule has 0 spiro atoms. The Morgan fingerprint density at radius 3 is 2.24 bits per heavy atom. The van der Waals surface area contributed by atoms with E-state index in [-0.39, 0.29) is 29.4 Å². The molecular formula is C25H29N5O7S. The van der Waals surface area contributed by atoms with E-state index in [1.54, 1.807) is 42.5 Å². The first-order chi connectivity index (χ1) is 18.3. The van der Waals surface area contributed by atoms with Crippen LogP contribution in [0.5, 0.6) is 17.2 Å². The molecular weight excluding hydrogens is 514 g/mol. The van der Waals surface area contributed by atoms with Crippen LogP contribution in [0.4, 0.5) is 11.4 Å². The number of amides is 3. The average molecular weight is 544 g/mol. The van der Waals surface area contributed by atoms with Gasteiger partial charge in [-0.2, -0.15) is 4.37 Å². The smallest absolute Gasteiger partial charge is 0.273 e. The fourth-order valence-electron chi connectivity index (χ4n) is 3.67.